The van der Waals surface area contributed by atoms with Gasteiger partial charge in [0.25, 0.3) is 5.91 Å². The van der Waals surface area contributed by atoms with E-state index in [-0.39, 0.29) is 12.5 Å². The molecule has 0 radical (unpaired) electrons. The highest BCUT2D eigenvalue weighted by molar-refractivity contribution is 5.97. The van der Waals surface area contributed by atoms with Crippen LogP contribution in [0.3, 0.4) is 0 Å². The number of hydrogen-bond acceptors (Lipinski definition) is 5. The van der Waals surface area contributed by atoms with Gasteiger partial charge in [-0.15, -0.1) is 15.0 Å². The van der Waals surface area contributed by atoms with Crippen molar-refractivity contribution in [3.8, 4) is 5.69 Å². The Kier molecular flexibility index (Phi) is 5.61. The predicted molar refractivity (Wildman–Crippen MR) is 102 cm³/mol. The normalized spacial score (nSPS) is 10.6. The summed E-state index contributed by atoms with van der Waals surface area (Å²) in [5.41, 5.74) is 3.61. The summed E-state index contributed by atoms with van der Waals surface area (Å²) >= 11 is 0. The highest BCUT2D eigenvalue weighted by Crippen LogP contribution is 2.18. The Balaban J connectivity index is 1.74. The van der Waals surface area contributed by atoms with E-state index in [9.17, 15) is 9.59 Å². The lowest BCUT2D eigenvalue weighted by Gasteiger charge is -2.10. The summed E-state index contributed by atoms with van der Waals surface area (Å²) in [6.45, 7) is 5.88. The minimum absolute atomic E-state index is 0.220. The highest BCUT2D eigenvalue weighted by Gasteiger charge is 2.15. The van der Waals surface area contributed by atoms with Gasteiger partial charge in [0.1, 0.15) is 11.0 Å². The largest absolute Gasteiger partial charge is 0.462 e. The standard InChI is InChI=1S/C20H20N4O3/c1-3-19(25)27-12-6-11-21-20(26)15-10-9-14(2)13-18(15)24-22-16-7-4-5-8-17(16)23-24/h3-5,7-10,13H,1,6,11-12H2,2H3,(H,21,26). The maximum absolute atomic E-state index is 12.6. The lowest BCUT2D eigenvalue weighted by atomic mass is 10.1. The molecule has 1 amide bonds. The van der Waals surface area contributed by atoms with Crippen molar-refractivity contribution in [1.82, 2.24) is 20.3 Å². The number of ether oxygens (including phenoxy) is 1. The van der Waals surface area contributed by atoms with Gasteiger partial charge in [-0.25, -0.2) is 4.79 Å². The first-order chi connectivity index (χ1) is 13.1. The van der Waals surface area contributed by atoms with Crippen LogP contribution >= 0.6 is 0 Å². The van der Waals surface area contributed by atoms with E-state index in [1.54, 1.807) is 6.07 Å². The number of rotatable bonds is 7. The quantitative estimate of drug-likeness (QED) is 0.396. The van der Waals surface area contributed by atoms with Crippen LogP contribution < -0.4 is 5.32 Å². The van der Waals surface area contributed by atoms with Crippen LogP contribution in [0.2, 0.25) is 0 Å². The molecular weight excluding hydrogens is 344 g/mol. The van der Waals surface area contributed by atoms with E-state index in [1.807, 2.05) is 43.3 Å². The molecule has 0 saturated heterocycles. The van der Waals surface area contributed by atoms with Crippen LogP contribution in [0.15, 0.2) is 55.1 Å². The van der Waals surface area contributed by atoms with Gasteiger partial charge in [0.15, 0.2) is 0 Å². The summed E-state index contributed by atoms with van der Waals surface area (Å²) in [7, 11) is 0. The third-order valence-electron chi connectivity index (χ3n) is 3.92. The lowest BCUT2D eigenvalue weighted by molar-refractivity contribution is -0.137. The Hall–Kier alpha value is -3.48. The second kappa shape index (κ2) is 8.27. The van der Waals surface area contributed by atoms with Crippen LogP contribution in [-0.2, 0) is 9.53 Å². The molecule has 0 fully saturated rings. The molecule has 0 saturated carbocycles. The average Bonchev–Trinajstić information content (AvgIpc) is 3.11. The van der Waals surface area contributed by atoms with Crippen molar-refractivity contribution in [2.75, 3.05) is 13.2 Å². The van der Waals surface area contributed by atoms with E-state index in [1.165, 1.54) is 4.80 Å². The number of nitrogens with zero attached hydrogens (tertiary/aromatic N) is 3. The summed E-state index contributed by atoms with van der Waals surface area (Å²) in [5.74, 6) is -0.708. The summed E-state index contributed by atoms with van der Waals surface area (Å²) in [6.07, 6.45) is 1.62. The first kappa shape index (κ1) is 18.3. The minimum Gasteiger partial charge on any atom is -0.462 e. The third-order valence-corrected chi connectivity index (χ3v) is 3.92. The second-order valence-electron chi connectivity index (χ2n) is 5.98. The predicted octanol–water partition coefficient (Wildman–Crippen LogP) is 2.58. The van der Waals surface area contributed by atoms with Crippen molar-refractivity contribution in [3.05, 3.63) is 66.2 Å². The molecule has 3 rings (SSSR count). The van der Waals surface area contributed by atoms with Gasteiger partial charge in [-0.1, -0.05) is 24.8 Å². The summed E-state index contributed by atoms with van der Waals surface area (Å²) < 4.78 is 4.89. The van der Waals surface area contributed by atoms with Gasteiger partial charge in [-0.2, -0.15) is 0 Å². The van der Waals surface area contributed by atoms with E-state index >= 15 is 0 Å². The van der Waals surface area contributed by atoms with Crippen LogP contribution in [0.1, 0.15) is 22.3 Å². The monoisotopic (exact) mass is 364 g/mol. The maximum Gasteiger partial charge on any atom is 0.330 e. The van der Waals surface area contributed by atoms with E-state index in [4.69, 9.17) is 4.74 Å². The number of fused-ring (bicyclic) bond motifs is 1. The summed E-state index contributed by atoms with van der Waals surface area (Å²) in [4.78, 5) is 25.1. The number of esters is 1. The number of carbonyl (C=O) groups excluding carboxylic acids is 2. The first-order valence-corrected chi connectivity index (χ1v) is 8.59. The molecule has 0 atom stereocenters. The van der Waals surface area contributed by atoms with E-state index < -0.39 is 5.97 Å². The Morgan fingerprint density at radius 1 is 1.19 bits per heavy atom. The number of nitrogens with one attached hydrogen (secondary N) is 1. The minimum atomic E-state index is -0.473. The van der Waals surface area contributed by atoms with E-state index in [0.717, 1.165) is 22.7 Å². The molecule has 0 aliphatic carbocycles. The molecule has 7 nitrogen and oxygen atoms in total. The number of aryl methyl sites for hydroxylation is 1. The first-order valence-electron chi connectivity index (χ1n) is 8.59. The number of hydrogen-bond donors (Lipinski definition) is 1. The van der Waals surface area contributed by atoms with Crippen LogP contribution in [0.5, 0.6) is 0 Å². The SMILES string of the molecule is C=CC(=O)OCCCNC(=O)c1ccc(C)cc1-n1nc2ccccc2n1. The average molecular weight is 364 g/mol. The smallest absolute Gasteiger partial charge is 0.330 e. The van der Waals surface area contributed by atoms with Crippen molar-refractivity contribution in [3.63, 3.8) is 0 Å². The van der Waals surface area contributed by atoms with Crippen molar-refractivity contribution in [1.29, 1.82) is 0 Å². The number of amides is 1. The number of benzene rings is 2. The molecule has 27 heavy (non-hydrogen) atoms. The zero-order chi connectivity index (χ0) is 19.2. The Labute approximate surface area is 156 Å². The van der Waals surface area contributed by atoms with Crippen molar-refractivity contribution in [2.45, 2.75) is 13.3 Å². The van der Waals surface area contributed by atoms with Crippen LogP contribution in [0, 0.1) is 6.92 Å². The fraction of sp³-hybridized carbons (Fsp3) is 0.200. The molecule has 138 valence electrons. The molecule has 2 aromatic carbocycles. The molecule has 0 unspecified atom stereocenters. The molecule has 0 spiro atoms. The highest BCUT2D eigenvalue weighted by atomic mass is 16.5. The number of aromatic nitrogens is 3. The Morgan fingerprint density at radius 3 is 2.56 bits per heavy atom. The molecule has 0 bridgehead atoms. The topological polar surface area (TPSA) is 86.1 Å². The molecule has 3 aromatic rings. The van der Waals surface area contributed by atoms with Crippen molar-refractivity contribution < 1.29 is 14.3 Å². The second-order valence-corrected chi connectivity index (χ2v) is 5.98. The van der Waals surface area contributed by atoms with Gasteiger partial charge < -0.3 is 10.1 Å². The van der Waals surface area contributed by atoms with Gasteiger partial charge in [0.2, 0.25) is 0 Å². The van der Waals surface area contributed by atoms with Crippen molar-refractivity contribution >= 4 is 22.9 Å². The van der Waals surface area contributed by atoms with Crippen LogP contribution in [-0.4, -0.2) is 40.0 Å². The zero-order valence-corrected chi connectivity index (χ0v) is 15.0. The van der Waals surface area contributed by atoms with E-state index in [0.29, 0.717) is 24.2 Å². The Morgan fingerprint density at radius 2 is 1.89 bits per heavy atom. The molecule has 1 N–H and O–H groups in total. The zero-order valence-electron chi connectivity index (χ0n) is 15.0. The van der Waals surface area contributed by atoms with E-state index in [2.05, 4.69) is 22.1 Å². The van der Waals surface area contributed by atoms with Gasteiger partial charge in [-0.3, -0.25) is 4.79 Å². The molecule has 0 aliphatic heterocycles. The van der Waals surface area contributed by atoms with Gasteiger partial charge in [0.05, 0.1) is 17.9 Å². The molecule has 7 heteroatoms. The van der Waals surface area contributed by atoms with Gasteiger partial charge >= 0.3 is 5.97 Å². The van der Waals surface area contributed by atoms with Gasteiger partial charge in [-0.05, 0) is 43.2 Å². The number of carbonyl (C=O) groups is 2. The van der Waals surface area contributed by atoms with Gasteiger partial charge in [0, 0.05) is 12.6 Å². The molecule has 1 aromatic heterocycles. The maximum atomic E-state index is 12.6. The molecule has 0 aliphatic rings. The third kappa shape index (κ3) is 4.38. The Bertz CT molecular complexity index is 961. The molecule has 1 heterocycles. The summed E-state index contributed by atoms with van der Waals surface area (Å²) in [5, 5.41) is 11.8. The van der Waals surface area contributed by atoms with Crippen molar-refractivity contribution in [2.24, 2.45) is 0 Å². The lowest BCUT2D eigenvalue weighted by Crippen LogP contribution is -2.27. The molecular formula is C20H20N4O3. The summed E-state index contributed by atoms with van der Waals surface area (Å²) in [6, 6.07) is 13.0. The fourth-order valence-electron chi connectivity index (χ4n) is 2.57. The van der Waals surface area contributed by atoms with Crippen LogP contribution in [0.25, 0.3) is 16.7 Å². The van der Waals surface area contributed by atoms with Crippen LogP contribution in [0.4, 0.5) is 0 Å². The fourth-order valence-corrected chi connectivity index (χ4v) is 2.57.